The summed E-state index contributed by atoms with van der Waals surface area (Å²) in [6, 6.07) is 2.04. The number of nitrogens with zero attached hydrogens (tertiary/aromatic N) is 1. The number of pyridine rings is 1. The Morgan fingerprint density at radius 3 is 2.43 bits per heavy atom. The standard InChI is InChI=1S/C17H29BN2O3/c1-7-21-10-8-9-19-15-11-13(2)14(12-20-15)18-22-16(3,4)17(5,6)23-18/h11-12H,7-10H2,1-6H3,(H,19,20). The fourth-order valence-electron chi connectivity index (χ4n) is 2.42. The van der Waals surface area contributed by atoms with E-state index in [-0.39, 0.29) is 18.3 Å². The molecule has 0 aliphatic carbocycles. The van der Waals surface area contributed by atoms with Crippen LogP contribution in [0.5, 0.6) is 0 Å². The maximum Gasteiger partial charge on any atom is 0.496 e. The topological polar surface area (TPSA) is 52.6 Å². The summed E-state index contributed by atoms with van der Waals surface area (Å²) >= 11 is 0. The van der Waals surface area contributed by atoms with Crippen LogP contribution in [0, 0.1) is 6.92 Å². The maximum absolute atomic E-state index is 6.10. The molecule has 1 saturated heterocycles. The summed E-state index contributed by atoms with van der Waals surface area (Å²) < 4.78 is 17.5. The van der Waals surface area contributed by atoms with Crippen LogP contribution in [0.1, 0.15) is 46.6 Å². The summed E-state index contributed by atoms with van der Waals surface area (Å²) in [6.07, 6.45) is 2.82. The van der Waals surface area contributed by atoms with Gasteiger partial charge in [-0.3, -0.25) is 0 Å². The quantitative estimate of drug-likeness (QED) is 0.618. The lowest BCUT2D eigenvalue weighted by molar-refractivity contribution is 0.00578. The molecule has 1 N–H and O–H groups in total. The number of anilines is 1. The molecule has 128 valence electrons. The molecule has 0 saturated carbocycles. The van der Waals surface area contributed by atoms with Crippen LogP contribution in [-0.2, 0) is 14.0 Å². The maximum atomic E-state index is 6.10. The van der Waals surface area contributed by atoms with Crippen LogP contribution in [0.15, 0.2) is 12.3 Å². The van der Waals surface area contributed by atoms with Crippen LogP contribution in [0.2, 0.25) is 0 Å². The summed E-state index contributed by atoms with van der Waals surface area (Å²) in [7, 11) is -0.362. The van der Waals surface area contributed by atoms with Gasteiger partial charge in [-0.05, 0) is 59.6 Å². The van der Waals surface area contributed by atoms with E-state index in [1.807, 2.05) is 19.2 Å². The third kappa shape index (κ3) is 4.25. The molecular formula is C17H29BN2O3. The molecule has 2 rings (SSSR count). The van der Waals surface area contributed by atoms with Crippen molar-refractivity contribution in [2.45, 2.75) is 59.2 Å². The minimum atomic E-state index is -0.362. The van der Waals surface area contributed by atoms with Crippen LogP contribution >= 0.6 is 0 Å². The van der Waals surface area contributed by atoms with E-state index < -0.39 is 0 Å². The summed E-state index contributed by atoms with van der Waals surface area (Å²) in [5.41, 5.74) is 1.44. The van der Waals surface area contributed by atoms with Crippen molar-refractivity contribution in [3.8, 4) is 0 Å². The highest BCUT2D eigenvalue weighted by molar-refractivity contribution is 6.62. The van der Waals surface area contributed by atoms with Crippen molar-refractivity contribution in [3.63, 3.8) is 0 Å². The van der Waals surface area contributed by atoms with Gasteiger partial charge in [0.1, 0.15) is 5.82 Å². The Labute approximate surface area is 140 Å². The zero-order valence-electron chi connectivity index (χ0n) is 15.2. The van der Waals surface area contributed by atoms with Gasteiger partial charge in [-0.25, -0.2) is 4.98 Å². The van der Waals surface area contributed by atoms with Crippen molar-refractivity contribution in [2.24, 2.45) is 0 Å². The molecule has 1 aliphatic rings. The normalized spacial score (nSPS) is 19.1. The van der Waals surface area contributed by atoms with Gasteiger partial charge in [0.25, 0.3) is 0 Å². The monoisotopic (exact) mass is 320 g/mol. The van der Waals surface area contributed by atoms with E-state index in [1.54, 1.807) is 0 Å². The van der Waals surface area contributed by atoms with Gasteiger partial charge in [-0.1, -0.05) is 0 Å². The Bertz CT molecular complexity index is 519. The fourth-order valence-corrected chi connectivity index (χ4v) is 2.42. The highest BCUT2D eigenvalue weighted by atomic mass is 16.7. The first kappa shape index (κ1) is 18.2. The molecule has 23 heavy (non-hydrogen) atoms. The third-order valence-electron chi connectivity index (χ3n) is 4.63. The largest absolute Gasteiger partial charge is 0.496 e. The third-order valence-corrected chi connectivity index (χ3v) is 4.63. The van der Waals surface area contributed by atoms with Gasteiger partial charge in [0.05, 0.1) is 11.2 Å². The second kappa shape index (κ2) is 7.20. The van der Waals surface area contributed by atoms with E-state index >= 15 is 0 Å². The van der Waals surface area contributed by atoms with Gasteiger partial charge < -0.3 is 19.4 Å². The molecule has 0 spiro atoms. The first-order valence-corrected chi connectivity index (χ1v) is 8.40. The lowest BCUT2D eigenvalue weighted by atomic mass is 9.77. The van der Waals surface area contributed by atoms with E-state index in [0.717, 1.165) is 43.0 Å². The zero-order chi connectivity index (χ0) is 17.1. The summed E-state index contributed by atoms with van der Waals surface area (Å²) in [6.45, 7) is 14.7. The first-order valence-electron chi connectivity index (χ1n) is 8.40. The van der Waals surface area contributed by atoms with Crippen LogP contribution in [0.4, 0.5) is 5.82 Å². The van der Waals surface area contributed by atoms with Gasteiger partial charge in [-0.2, -0.15) is 0 Å². The number of nitrogens with one attached hydrogen (secondary N) is 1. The smallest absolute Gasteiger partial charge is 0.399 e. The zero-order valence-corrected chi connectivity index (χ0v) is 15.2. The number of rotatable bonds is 7. The molecule has 0 bridgehead atoms. The molecule has 0 radical (unpaired) electrons. The second-order valence-corrected chi connectivity index (χ2v) is 6.99. The number of aromatic nitrogens is 1. The lowest BCUT2D eigenvalue weighted by Crippen LogP contribution is -2.41. The molecule has 2 heterocycles. The minimum absolute atomic E-state index is 0.333. The molecular weight excluding hydrogens is 291 g/mol. The van der Waals surface area contributed by atoms with Gasteiger partial charge in [-0.15, -0.1) is 0 Å². The molecule has 0 aromatic carbocycles. The number of aryl methyl sites for hydroxylation is 1. The van der Waals surface area contributed by atoms with E-state index in [1.165, 1.54) is 0 Å². The molecule has 6 heteroatoms. The summed E-state index contributed by atoms with van der Waals surface area (Å²) in [4.78, 5) is 4.49. The van der Waals surface area contributed by atoms with Crippen molar-refractivity contribution in [2.75, 3.05) is 25.1 Å². The molecule has 0 amide bonds. The van der Waals surface area contributed by atoms with Crippen LogP contribution in [-0.4, -0.2) is 43.1 Å². The Morgan fingerprint density at radius 2 is 1.87 bits per heavy atom. The van der Waals surface area contributed by atoms with E-state index in [4.69, 9.17) is 14.0 Å². The predicted octanol–water partition coefficient (Wildman–Crippen LogP) is 2.53. The molecule has 1 aliphatic heterocycles. The molecule has 0 unspecified atom stereocenters. The van der Waals surface area contributed by atoms with E-state index in [2.05, 4.69) is 44.9 Å². The van der Waals surface area contributed by atoms with Crippen molar-refractivity contribution < 1.29 is 14.0 Å². The molecule has 5 nitrogen and oxygen atoms in total. The Morgan fingerprint density at radius 1 is 1.22 bits per heavy atom. The summed E-state index contributed by atoms with van der Waals surface area (Å²) in [5.74, 6) is 0.874. The number of hydrogen-bond donors (Lipinski definition) is 1. The molecule has 1 aromatic rings. The van der Waals surface area contributed by atoms with Crippen LogP contribution < -0.4 is 10.8 Å². The van der Waals surface area contributed by atoms with Crippen molar-refractivity contribution in [1.82, 2.24) is 4.98 Å². The predicted molar refractivity (Wildman–Crippen MR) is 94.3 cm³/mol. The van der Waals surface area contributed by atoms with Gasteiger partial charge in [0.2, 0.25) is 0 Å². The molecule has 1 aromatic heterocycles. The van der Waals surface area contributed by atoms with Crippen molar-refractivity contribution >= 4 is 18.4 Å². The number of hydrogen-bond acceptors (Lipinski definition) is 5. The Hall–Kier alpha value is -1.11. The SMILES string of the molecule is CCOCCCNc1cc(C)c(B2OC(C)(C)C(C)(C)O2)cn1. The van der Waals surface area contributed by atoms with Gasteiger partial charge in [0.15, 0.2) is 0 Å². The fraction of sp³-hybridized carbons (Fsp3) is 0.706. The highest BCUT2D eigenvalue weighted by Gasteiger charge is 2.52. The molecule has 1 fully saturated rings. The van der Waals surface area contributed by atoms with Gasteiger partial charge in [0, 0.05) is 31.4 Å². The average Bonchev–Trinajstić information content (AvgIpc) is 2.67. The second-order valence-electron chi connectivity index (χ2n) is 6.99. The first-order chi connectivity index (χ1) is 10.8. The van der Waals surface area contributed by atoms with E-state index in [9.17, 15) is 0 Å². The minimum Gasteiger partial charge on any atom is -0.399 e. The van der Waals surface area contributed by atoms with Gasteiger partial charge >= 0.3 is 7.12 Å². The van der Waals surface area contributed by atoms with Crippen molar-refractivity contribution in [3.05, 3.63) is 17.8 Å². The Balaban J connectivity index is 1.98. The lowest BCUT2D eigenvalue weighted by Gasteiger charge is -2.32. The van der Waals surface area contributed by atoms with E-state index in [0.29, 0.717) is 0 Å². The van der Waals surface area contributed by atoms with Crippen LogP contribution in [0.25, 0.3) is 0 Å². The van der Waals surface area contributed by atoms with Crippen LogP contribution in [0.3, 0.4) is 0 Å². The summed E-state index contributed by atoms with van der Waals surface area (Å²) in [5, 5.41) is 3.32. The number of ether oxygens (including phenoxy) is 1. The average molecular weight is 320 g/mol. The highest BCUT2D eigenvalue weighted by Crippen LogP contribution is 2.36. The Kier molecular flexibility index (Phi) is 5.71. The molecule has 0 atom stereocenters. The van der Waals surface area contributed by atoms with Crippen molar-refractivity contribution in [1.29, 1.82) is 0 Å².